The van der Waals surface area contributed by atoms with Crippen molar-refractivity contribution < 1.29 is 0 Å². The number of aromatic nitrogens is 1. The van der Waals surface area contributed by atoms with Crippen molar-refractivity contribution in [2.45, 2.75) is 32.4 Å². The van der Waals surface area contributed by atoms with E-state index in [1.807, 2.05) is 12.3 Å². The molecule has 1 aromatic heterocycles. The van der Waals surface area contributed by atoms with E-state index in [2.05, 4.69) is 22.9 Å². The molecule has 1 aromatic rings. The number of pyridine rings is 1. The van der Waals surface area contributed by atoms with Crippen molar-refractivity contribution in [2.24, 2.45) is 17.6 Å². The minimum Gasteiger partial charge on any atom is -0.328 e. The second kappa shape index (κ2) is 4.39. The van der Waals surface area contributed by atoms with Gasteiger partial charge in [-0.2, -0.15) is 0 Å². The molecule has 1 aliphatic carbocycles. The van der Waals surface area contributed by atoms with Gasteiger partial charge < -0.3 is 5.73 Å². The van der Waals surface area contributed by atoms with Crippen molar-refractivity contribution in [1.82, 2.24) is 9.88 Å². The van der Waals surface area contributed by atoms with E-state index in [1.54, 1.807) is 0 Å². The maximum Gasteiger partial charge on any atom is 0.0573 e. The third kappa shape index (κ3) is 2.22. The molecular formula is C14H21N3. The predicted molar refractivity (Wildman–Crippen MR) is 68.4 cm³/mol. The van der Waals surface area contributed by atoms with Gasteiger partial charge in [0, 0.05) is 31.9 Å². The maximum absolute atomic E-state index is 6.02. The lowest BCUT2D eigenvalue weighted by molar-refractivity contribution is 0.295. The summed E-state index contributed by atoms with van der Waals surface area (Å²) in [5.41, 5.74) is 8.56. The summed E-state index contributed by atoms with van der Waals surface area (Å²) in [6.07, 6.45) is 4.35. The molecule has 3 nitrogen and oxygen atoms in total. The van der Waals surface area contributed by atoms with Crippen LogP contribution in [0.25, 0.3) is 0 Å². The molecule has 92 valence electrons. The van der Waals surface area contributed by atoms with Gasteiger partial charge in [-0.3, -0.25) is 9.88 Å². The van der Waals surface area contributed by atoms with Gasteiger partial charge in [0.2, 0.25) is 0 Å². The minimum absolute atomic E-state index is 0.462. The molecule has 0 unspecified atom stereocenters. The van der Waals surface area contributed by atoms with Crippen molar-refractivity contribution in [3.63, 3.8) is 0 Å². The van der Waals surface area contributed by atoms with Gasteiger partial charge in [0.1, 0.15) is 0 Å². The van der Waals surface area contributed by atoms with E-state index in [0.29, 0.717) is 6.04 Å². The number of nitrogens with two attached hydrogens (primary N) is 1. The van der Waals surface area contributed by atoms with Gasteiger partial charge in [0.25, 0.3) is 0 Å². The Morgan fingerprint density at radius 2 is 2.06 bits per heavy atom. The molecule has 0 radical (unpaired) electrons. The lowest BCUT2D eigenvalue weighted by atomic mass is 10.0. The smallest absolute Gasteiger partial charge is 0.0573 e. The monoisotopic (exact) mass is 231 g/mol. The second-order valence-corrected chi connectivity index (χ2v) is 5.71. The third-order valence-electron chi connectivity index (χ3n) is 4.35. The zero-order valence-electron chi connectivity index (χ0n) is 10.5. The largest absolute Gasteiger partial charge is 0.328 e. The highest BCUT2D eigenvalue weighted by Gasteiger charge is 2.39. The van der Waals surface area contributed by atoms with Gasteiger partial charge in [-0.25, -0.2) is 0 Å². The Kier molecular flexibility index (Phi) is 2.89. The van der Waals surface area contributed by atoms with Gasteiger partial charge in [-0.05, 0) is 43.2 Å². The van der Waals surface area contributed by atoms with Crippen LogP contribution >= 0.6 is 0 Å². The van der Waals surface area contributed by atoms with E-state index >= 15 is 0 Å². The minimum atomic E-state index is 0.462. The Morgan fingerprint density at radius 3 is 2.71 bits per heavy atom. The fourth-order valence-electron chi connectivity index (χ4n) is 3.47. The number of hydrogen-bond donors (Lipinski definition) is 1. The fraction of sp³-hybridized carbons (Fsp3) is 0.643. The Bertz CT molecular complexity index is 390. The standard InChI is InChI=1S/C14H21N3/c1-10-3-2-4-16-14(10)9-17-7-11-5-13(15)6-12(11)8-17/h2-4,11-13H,5-9,15H2,1H3/t11-,12+,13+. The molecule has 3 rings (SSSR count). The topological polar surface area (TPSA) is 42.2 Å². The van der Waals surface area contributed by atoms with Crippen LogP contribution in [0, 0.1) is 18.8 Å². The number of rotatable bonds is 2. The first-order chi connectivity index (χ1) is 8.22. The maximum atomic E-state index is 6.02. The van der Waals surface area contributed by atoms with Crippen LogP contribution in [-0.2, 0) is 6.54 Å². The summed E-state index contributed by atoms with van der Waals surface area (Å²) in [6, 6.07) is 4.62. The van der Waals surface area contributed by atoms with Gasteiger partial charge in [-0.15, -0.1) is 0 Å². The average molecular weight is 231 g/mol. The quantitative estimate of drug-likeness (QED) is 0.840. The summed E-state index contributed by atoms with van der Waals surface area (Å²) in [5.74, 6) is 1.68. The van der Waals surface area contributed by atoms with E-state index in [1.165, 1.54) is 37.2 Å². The molecule has 2 heterocycles. The molecule has 2 aliphatic rings. The Balaban J connectivity index is 1.64. The van der Waals surface area contributed by atoms with Crippen molar-refractivity contribution in [3.05, 3.63) is 29.6 Å². The lowest BCUT2D eigenvalue weighted by Crippen LogP contribution is -2.25. The molecule has 2 fully saturated rings. The number of nitrogens with zero attached hydrogens (tertiary/aromatic N) is 2. The van der Waals surface area contributed by atoms with E-state index in [-0.39, 0.29) is 0 Å². The van der Waals surface area contributed by atoms with Crippen molar-refractivity contribution >= 4 is 0 Å². The molecule has 1 saturated carbocycles. The summed E-state index contributed by atoms with van der Waals surface area (Å²) in [6.45, 7) is 5.59. The molecule has 3 atom stereocenters. The van der Waals surface area contributed by atoms with Gasteiger partial charge in [-0.1, -0.05) is 6.07 Å². The number of aryl methyl sites for hydroxylation is 1. The molecule has 3 heteroatoms. The average Bonchev–Trinajstić information content (AvgIpc) is 2.78. The first-order valence-electron chi connectivity index (χ1n) is 6.61. The Morgan fingerprint density at radius 1 is 1.35 bits per heavy atom. The van der Waals surface area contributed by atoms with E-state index in [9.17, 15) is 0 Å². The molecule has 0 bridgehead atoms. The van der Waals surface area contributed by atoms with Crippen molar-refractivity contribution in [2.75, 3.05) is 13.1 Å². The van der Waals surface area contributed by atoms with Crippen LogP contribution in [0.3, 0.4) is 0 Å². The summed E-state index contributed by atoms with van der Waals surface area (Å²) < 4.78 is 0. The van der Waals surface area contributed by atoms with Gasteiger partial charge in [0.15, 0.2) is 0 Å². The molecule has 1 saturated heterocycles. The molecule has 0 spiro atoms. The van der Waals surface area contributed by atoms with Crippen LogP contribution in [0.2, 0.25) is 0 Å². The van der Waals surface area contributed by atoms with Crippen LogP contribution in [0.5, 0.6) is 0 Å². The van der Waals surface area contributed by atoms with Crippen LogP contribution in [0.15, 0.2) is 18.3 Å². The van der Waals surface area contributed by atoms with Crippen LogP contribution in [0.4, 0.5) is 0 Å². The highest BCUT2D eigenvalue weighted by atomic mass is 15.2. The third-order valence-corrected chi connectivity index (χ3v) is 4.35. The zero-order chi connectivity index (χ0) is 11.8. The molecule has 17 heavy (non-hydrogen) atoms. The van der Waals surface area contributed by atoms with Crippen LogP contribution < -0.4 is 5.73 Å². The van der Waals surface area contributed by atoms with Gasteiger partial charge in [0.05, 0.1) is 5.69 Å². The molecule has 0 amide bonds. The fourth-order valence-corrected chi connectivity index (χ4v) is 3.47. The molecular weight excluding hydrogens is 210 g/mol. The van der Waals surface area contributed by atoms with Gasteiger partial charge >= 0.3 is 0 Å². The van der Waals surface area contributed by atoms with Crippen LogP contribution in [0.1, 0.15) is 24.1 Å². The number of hydrogen-bond acceptors (Lipinski definition) is 3. The van der Waals surface area contributed by atoms with Crippen molar-refractivity contribution in [1.29, 1.82) is 0 Å². The predicted octanol–water partition coefficient (Wildman–Crippen LogP) is 1.56. The Hall–Kier alpha value is -0.930. The molecule has 1 aliphatic heterocycles. The second-order valence-electron chi connectivity index (χ2n) is 5.71. The highest BCUT2D eigenvalue weighted by Crippen LogP contribution is 2.37. The number of fused-ring (bicyclic) bond motifs is 1. The SMILES string of the molecule is Cc1cccnc1CN1C[C@H]2C[C@H](N)C[C@H]2C1. The highest BCUT2D eigenvalue weighted by molar-refractivity contribution is 5.17. The van der Waals surface area contributed by atoms with E-state index in [0.717, 1.165) is 18.4 Å². The Labute approximate surface area is 103 Å². The number of likely N-dealkylation sites (tertiary alicyclic amines) is 1. The molecule has 0 aromatic carbocycles. The normalized spacial score (nSPS) is 32.9. The van der Waals surface area contributed by atoms with Crippen molar-refractivity contribution in [3.8, 4) is 0 Å². The summed E-state index contributed by atoms with van der Waals surface area (Å²) in [5, 5.41) is 0. The van der Waals surface area contributed by atoms with E-state index < -0.39 is 0 Å². The van der Waals surface area contributed by atoms with E-state index in [4.69, 9.17) is 5.73 Å². The molecule has 2 N–H and O–H groups in total. The van der Waals surface area contributed by atoms with Crippen LogP contribution in [-0.4, -0.2) is 29.0 Å². The first-order valence-corrected chi connectivity index (χ1v) is 6.61. The zero-order valence-corrected chi connectivity index (χ0v) is 10.5. The lowest BCUT2D eigenvalue weighted by Gasteiger charge is -2.18. The summed E-state index contributed by atoms with van der Waals surface area (Å²) >= 11 is 0. The first kappa shape index (κ1) is 11.2. The summed E-state index contributed by atoms with van der Waals surface area (Å²) in [7, 11) is 0. The summed E-state index contributed by atoms with van der Waals surface area (Å²) in [4.78, 5) is 7.04.